The molecule has 3 rings (SSSR count). The topological polar surface area (TPSA) is 65.4 Å². The van der Waals surface area contributed by atoms with Crippen molar-refractivity contribution in [1.82, 2.24) is 20.6 Å². The van der Waals surface area contributed by atoms with Crippen molar-refractivity contribution in [3.05, 3.63) is 52.9 Å². The van der Waals surface area contributed by atoms with Crippen LogP contribution in [0.4, 0.5) is 5.82 Å². The first-order chi connectivity index (χ1) is 12.7. The van der Waals surface area contributed by atoms with Gasteiger partial charge in [0.05, 0.1) is 5.02 Å². The van der Waals surface area contributed by atoms with Gasteiger partial charge in [-0.3, -0.25) is 9.98 Å². The highest BCUT2D eigenvalue weighted by atomic mass is 35.5. The number of nitrogens with one attached hydrogen (secondary N) is 2. The van der Waals surface area contributed by atoms with Crippen LogP contribution in [0.2, 0.25) is 5.02 Å². The van der Waals surface area contributed by atoms with Crippen molar-refractivity contribution in [1.29, 1.82) is 0 Å². The molecule has 0 aromatic carbocycles. The van der Waals surface area contributed by atoms with Gasteiger partial charge in [-0.1, -0.05) is 17.7 Å². The lowest BCUT2D eigenvalue weighted by Crippen LogP contribution is -2.45. The fourth-order valence-electron chi connectivity index (χ4n) is 3.04. The largest absolute Gasteiger partial charge is 0.356 e. The van der Waals surface area contributed by atoms with Crippen LogP contribution in [0.1, 0.15) is 17.7 Å². The predicted octanol–water partition coefficient (Wildman–Crippen LogP) is 2.42. The highest BCUT2D eigenvalue weighted by Gasteiger charge is 2.25. The average molecular weight is 373 g/mol. The zero-order valence-corrected chi connectivity index (χ0v) is 16.0. The van der Waals surface area contributed by atoms with Crippen molar-refractivity contribution in [3.63, 3.8) is 0 Å². The Kier molecular flexibility index (Phi) is 6.28. The summed E-state index contributed by atoms with van der Waals surface area (Å²) in [6.45, 7) is 4.60. The van der Waals surface area contributed by atoms with Gasteiger partial charge in [0.25, 0.3) is 0 Å². The molecule has 0 radical (unpaired) electrons. The van der Waals surface area contributed by atoms with E-state index in [2.05, 4.69) is 36.6 Å². The second-order valence-electron chi connectivity index (χ2n) is 6.44. The van der Waals surface area contributed by atoms with E-state index in [1.807, 2.05) is 31.3 Å². The molecule has 6 nitrogen and oxygen atoms in total. The quantitative estimate of drug-likeness (QED) is 0.623. The highest BCUT2D eigenvalue weighted by Crippen LogP contribution is 2.25. The number of nitrogens with zero attached hydrogens (tertiary/aromatic N) is 4. The number of guanidine groups is 1. The van der Waals surface area contributed by atoms with Crippen LogP contribution in [0.25, 0.3) is 0 Å². The third-order valence-corrected chi connectivity index (χ3v) is 4.77. The third kappa shape index (κ3) is 4.85. The average Bonchev–Trinajstić information content (AvgIpc) is 3.11. The van der Waals surface area contributed by atoms with E-state index in [9.17, 15) is 0 Å². The summed E-state index contributed by atoms with van der Waals surface area (Å²) in [6, 6.07) is 8.21. The molecule has 2 aromatic heterocycles. The summed E-state index contributed by atoms with van der Waals surface area (Å²) < 4.78 is 0. The molecule has 2 N–H and O–H groups in total. The summed E-state index contributed by atoms with van der Waals surface area (Å²) in [5, 5.41) is 7.56. The normalized spacial score (nSPS) is 17.4. The van der Waals surface area contributed by atoms with Crippen molar-refractivity contribution >= 4 is 23.4 Å². The van der Waals surface area contributed by atoms with Gasteiger partial charge in [-0.2, -0.15) is 0 Å². The van der Waals surface area contributed by atoms with Crippen LogP contribution in [0.15, 0.2) is 41.7 Å². The van der Waals surface area contributed by atoms with Crippen LogP contribution in [0.5, 0.6) is 0 Å². The molecular formula is C19H25ClN6. The Bertz CT molecular complexity index is 746. The Morgan fingerprint density at radius 2 is 2.23 bits per heavy atom. The molecule has 1 unspecified atom stereocenters. The Morgan fingerprint density at radius 1 is 1.35 bits per heavy atom. The lowest BCUT2D eigenvalue weighted by molar-refractivity contribution is 0.648. The van der Waals surface area contributed by atoms with Crippen LogP contribution in [0, 0.1) is 6.92 Å². The van der Waals surface area contributed by atoms with Gasteiger partial charge in [0.15, 0.2) is 5.96 Å². The Balaban J connectivity index is 1.47. The maximum atomic E-state index is 6.26. The van der Waals surface area contributed by atoms with E-state index >= 15 is 0 Å². The molecule has 2 aromatic rings. The molecule has 0 amide bonds. The van der Waals surface area contributed by atoms with E-state index in [-0.39, 0.29) is 0 Å². The molecule has 0 aliphatic carbocycles. The zero-order valence-electron chi connectivity index (χ0n) is 15.2. The number of aliphatic imine (C=N–C) groups is 1. The van der Waals surface area contributed by atoms with Crippen LogP contribution in [-0.2, 0) is 6.42 Å². The first kappa shape index (κ1) is 18.5. The van der Waals surface area contributed by atoms with Crippen LogP contribution in [-0.4, -0.2) is 48.7 Å². The number of pyridine rings is 2. The van der Waals surface area contributed by atoms with Gasteiger partial charge in [0, 0.05) is 50.8 Å². The molecule has 138 valence electrons. The predicted molar refractivity (Wildman–Crippen MR) is 107 cm³/mol. The van der Waals surface area contributed by atoms with E-state index < -0.39 is 0 Å². The first-order valence-electron chi connectivity index (χ1n) is 8.90. The van der Waals surface area contributed by atoms with Gasteiger partial charge in [-0.25, -0.2) is 4.98 Å². The third-order valence-electron chi connectivity index (χ3n) is 4.47. The number of rotatable bonds is 5. The number of hydrogen-bond acceptors (Lipinski definition) is 4. The van der Waals surface area contributed by atoms with Crippen molar-refractivity contribution in [2.75, 3.05) is 31.6 Å². The van der Waals surface area contributed by atoms with E-state index in [1.165, 1.54) is 5.56 Å². The van der Waals surface area contributed by atoms with Gasteiger partial charge in [0.2, 0.25) is 0 Å². The first-order valence-corrected chi connectivity index (χ1v) is 9.27. The van der Waals surface area contributed by atoms with Gasteiger partial charge >= 0.3 is 0 Å². The summed E-state index contributed by atoms with van der Waals surface area (Å²) >= 11 is 6.26. The number of aryl methyl sites for hydroxylation is 1. The number of halogens is 1. The summed E-state index contributed by atoms with van der Waals surface area (Å²) in [4.78, 5) is 15.3. The summed E-state index contributed by atoms with van der Waals surface area (Å²) in [5.41, 5.74) is 2.26. The molecule has 3 heterocycles. The second-order valence-corrected chi connectivity index (χ2v) is 6.85. The molecule has 0 bridgehead atoms. The molecule has 1 aliphatic rings. The van der Waals surface area contributed by atoms with Crippen LogP contribution < -0.4 is 15.5 Å². The Morgan fingerprint density at radius 3 is 2.96 bits per heavy atom. The van der Waals surface area contributed by atoms with Crippen molar-refractivity contribution in [3.8, 4) is 0 Å². The maximum Gasteiger partial charge on any atom is 0.191 e. The molecule has 1 aliphatic heterocycles. The Hall–Kier alpha value is -2.34. The lowest BCUT2D eigenvalue weighted by Gasteiger charge is -2.20. The van der Waals surface area contributed by atoms with E-state index in [4.69, 9.17) is 11.6 Å². The molecule has 0 spiro atoms. The van der Waals surface area contributed by atoms with Crippen LogP contribution in [0.3, 0.4) is 0 Å². The minimum Gasteiger partial charge on any atom is -0.356 e. The molecule has 7 heteroatoms. The van der Waals surface area contributed by atoms with Gasteiger partial charge in [0.1, 0.15) is 5.82 Å². The molecule has 1 atom stereocenters. The lowest BCUT2D eigenvalue weighted by atomic mass is 10.2. The molecule has 1 fully saturated rings. The maximum absolute atomic E-state index is 6.26. The summed E-state index contributed by atoms with van der Waals surface area (Å²) in [5.74, 6) is 1.68. The molecule has 1 saturated heterocycles. The standard InChI is InChI=1S/C19H25ClN6/c1-14-5-6-15(12-24-14)7-10-23-19(21-2)25-16-8-11-26(13-16)18-17(20)4-3-9-22-18/h3-6,9,12,16H,7-8,10-11,13H2,1-2H3,(H2,21,23,25). The zero-order chi connectivity index (χ0) is 18.4. The second kappa shape index (κ2) is 8.85. The molecular weight excluding hydrogens is 348 g/mol. The van der Waals surface area contributed by atoms with E-state index in [1.54, 1.807) is 13.2 Å². The molecule has 0 saturated carbocycles. The smallest absolute Gasteiger partial charge is 0.191 e. The van der Waals surface area contributed by atoms with Crippen molar-refractivity contribution < 1.29 is 0 Å². The fourth-order valence-corrected chi connectivity index (χ4v) is 3.28. The number of anilines is 1. The van der Waals surface area contributed by atoms with E-state index in [0.717, 1.165) is 49.9 Å². The SMILES string of the molecule is CN=C(NCCc1ccc(C)nc1)NC1CCN(c2ncccc2Cl)C1. The van der Waals surface area contributed by atoms with E-state index in [0.29, 0.717) is 11.1 Å². The monoisotopic (exact) mass is 372 g/mol. The van der Waals surface area contributed by atoms with Gasteiger partial charge in [-0.05, 0) is 43.5 Å². The Labute approximate surface area is 159 Å². The van der Waals surface area contributed by atoms with Gasteiger partial charge < -0.3 is 15.5 Å². The van der Waals surface area contributed by atoms with Crippen LogP contribution >= 0.6 is 11.6 Å². The highest BCUT2D eigenvalue weighted by molar-refractivity contribution is 6.32. The minimum atomic E-state index is 0.320. The van der Waals surface area contributed by atoms with Crippen molar-refractivity contribution in [2.45, 2.75) is 25.8 Å². The summed E-state index contributed by atoms with van der Waals surface area (Å²) in [6.07, 6.45) is 5.64. The minimum absolute atomic E-state index is 0.320. The molecule has 26 heavy (non-hydrogen) atoms. The van der Waals surface area contributed by atoms with Gasteiger partial charge in [-0.15, -0.1) is 0 Å². The fraction of sp³-hybridized carbons (Fsp3) is 0.421. The number of hydrogen-bond donors (Lipinski definition) is 2. The summed E-state index contributed by atoms with van der Waals surface area (Å²) in [7, 11) is 1.80. The van der Waals surface area contributed by atoms with Crippen molar-refractivity contribution in [2.24, 2.45) is 4.99 Å². The number of aromatic nitrogens is 2.